The summed E-state index contributed by atoms with van der Waals surface area (Å²) in [6.07, 6.45) is 3.27. The van der Waals surface area contributed by atoms with Gasteiger partial charge in [-0.3, -0.25) is 0 Å². The van der Waals surface area contributed by atoms with E-state index in [4.69, 9.17) is 5.11 Å². The summed E-state index contributed by atoms with van der Waals surface area (Å²) in [6.45, 7) is 0. The van der Waals surface area contributed by atoms with Crippen molar-refractivity contribution in [2.24, 2.45) is 11.5 Å². The normalized spacial score (nSPS) is 14.1. The predicted octanol–water partition coefficient (Wildman–Crippen LogP) is -0.515. The van der Waals surface area contributed by atoms with Gasteiger partial charge in [0.1, 0.15) is 0 Å². The van der Waals surface area contributed by atoms with Crippen LogP contribution in [0.1, 0.15) is 19.3 Å². The first-order valence-electron chi connectivity index (χ1n) is 2.88. The zero-order chi connectivity index (χ0) is 7.28. The van der Waals surface area contributed by atoms with Crippen molar-refractivity contribution in [2.45, 2.75) is 25.4 Å². The van der Waals surface area contributed by atoms with Gasteiger partial charge in [0.05, 0.1) is 0 Å². The lowest BCUT2D eigenvalue weighted by atomic mass is 10.6. The van der Waals surface area contributed by atoms with E-state index in [1.54, 1.807) is 0 Å². The van der Waals surface area contributed by atoms with Gasteiger partial charge in [-0.25, -0.2) is 4.79 Å². The number of carbonyl (C=O) groups is 1. The monoisotopic (exact) mass is 132 g/mol. The maximum atomic E-state index is 9.45. The number of hydrogen-bond acceptors (Lipinski definition) is 3. The Morgan fingerprint density at radius 1 is 1.33 bits per heavy atom. The molecule has 1 rings (SSSR count). The molecular formula is C5H12N2O2. The Morgan fingerprint density at radius 3 is 1.56 bits per heavy atom. The van der Waals surface area contributed by atoms with Crippen molar-refractivity contribution >= 4 is 5.97 Å². The van der Waals surface area contributed by atoms with Crippen molar-refractivity contribution in [2.75, 3.05) is 0 Å². The highest BCUT2D eigenvalue weighted by molar-refractivity contribution is 5.72. The van der Waals surface area contributed by atoms with Gasteiger partial charge in [0, 0.05) is 0 Å². The third-order valence-corrected chi connectivity index (χ3v) is 0.639. The molecule has 0 atom stereocenters. The Balaban J connectivity index is 0.000000173. The fourth-order valence-electron chi connectivity index (χ4n) is 0. The van der Waals surface area contributed by atoms with E-state index in [9.17, 15) is 4.79 Å². The molecule has 1 saturated carbocycles. The van der Waals surface area contributed by atoms with Crippen molar-refractivity contribution in [1.29, 1.82) is 0 Å². The molecule has 1 fully saturated rings. The molecule has 0 aliphatic heterocycles. The van der Waals surface area contributed by atoms with Gasteiger partial charge in [-0.2, -0.15) is 0 Å². The van der Waals surface area contributed by atoms with E-state index < -0.39 is 12.1 Å². The molecular weight excluding hydrogens is 120 g/mol. The highest BCUT2D eigenvalue weighted by Crippen LogP contribution is 2.14. The number of nitrogens with two attached hydrogens (primary N) is 2. The van der Waals surface area contributed by atoms with Crippen LogP contribution in [0.25, 0.3) is 0 Å². The first-order chi connectivity index (χ1) is 4.14. The number of carboxylic acids is 1. The molecule has 0 radical (unpaired) electrons. The van der Waals surface area contributed by atoms with Crippen LogP contribution in [0.5, 0.6) is 0 Å². The van der Waals surface area contributed by atoms with Gasteiger partial charge in [0.2, 0.25) is 0 Å². The number of carboxylic acid groups (broad SMARTS) is 1. The average Bonchev–Trinajstić information content (AvgIpc) is 2.46. The van der Waals surface area contributed by atoms with Crippen LogP contribution in [0.3, 0.4) is 0 Å². The molecule has 4 nitrogen and oxygen atoms in total. The fourth-order valence-corrected chi connectivity index (χ4v) is 0. The highest BCUT2D eigenvalue weighted by atomic mass is 16.4. The van der Waals surface area contributed by atoms with E-state index in [0.717, 1.165) is 0 Å². The summed E-state index contributed by atoms with van der Waals surface area (Å²) in [5, 5.41) is 7.74. The Hall–Kier alpha value is -0.610. The molecule has 1 aliphatic rings. The van der Waals surface area contributed by atoms with Crippen molar-refractivity contribution in [3.63, 3.8) is 0 Å². The van der Waals surface area contributed by atoms with E-state index in [2.05, 4.69) is 11.5 Å². The minimum atomic E-state index is -1.23. The molecule has 5 N–H and O–H groups in total. The van der Waals surface area contributed by atoms with Crippen LogP contribution >= 0.6 is 0 Å². The van der Waals surface area contributed by atoms with E-state index in [1.807, 2.05) is 0 Å². The second kappa shape index (κ2) is 4.29. The Kier molecular flexibility index (Phi) is 4.00. The molecule has 0 saturated heterocycles. The van der Waals surface area contributed by atoms with Crippen LogP contribution in [0.2, 0.25) is 0 Å². The van der Waals surface area contributed by atoms with Crippen LogP contribution in [-0.4, -0.2) is 17.2 Å². The van der Waals surface area contributed by atoms with Gasteiger partial charge in [-0.1, -0.05) is 19.3 Å². The predicted molar refractivity (Wildman–Crippen MR) is 33.6 cm³/mol. The molecule has 0 aromatic heterocycles. The van der Waals surface area contributed by atoms with Gasteiger partial charge in [-0.15, -0.1) is 0 Å². The van der Waals surface area contributed by atoms with Gasteiger partial charge in [0.15, 0.2) is 6.17 Å². The van der Waals surface area contributed by atoms with E-state index >= 15 is 0 Å². The third-order valence-electron chi connectivity index (χ3n) is 0.639. The largest absolute Gasteiger partial charge is 0.479 e. The topological polar surface area (TPSA) is 89.3 Å². The summed E-state index contributed by atoms with van der Waals surface area (Å²) in [4.78, 5) is 9.45. The first-order valence-corrected chi connectivity index (χ1v) is 2.88. The second-order valence-electron chi connectivity index (χ2n) is 1.92. The minimum Gasteiger partial charge on any atom is -0.479 e. The summed E-state index contributed by atoms with van der Waals surface area (Å²) in [6, 6.07) is 0. The van der Waals surface area contributed by atoms with Gasteiger partial charge < -0.3 is 16.6 Å². The maximum absolute atomic E-state index is 9.45. The third kappa shape index (κ3) is 11.1. The van der Waals surface area contributed by atoms with Crippen molar-refractivity contribution in [1.82, 2.24) is 0 Å². The number of hydrogen-bond donors (Lipinski definition) is 3. The number of rotatable bonds is 1. The van der Waals surface area contributed by atoms with Crippen LogP contribution in [-0.2, 0) is 4.79 Å². The van der Waals surface area contributed by atoms with E-state index in [1.165, 1.54) is 19.3 Å². The highest BCUT2D eigenvalue weighted by Gasteiger charge is 2.00. The standard InChI is InChI=1S/C3H6.C2H6N2O2/c1-2-3-1;3-1(4)2(5)6/h1-3H2;1H,3-4H2,(H,5,6). The number of aliphatic carboxylic acids is 1. The fraction of sp³-hybridized carbons (Fsp3) is 0.800. The van der Waals surface area contributed by atoms with Crippen molar-refractivity contribution in [3.05, 3.63) is 0 Å². The first kappa shape index (κ1) is 8.39. The Morgan fingerprint density at radius 2 is 1.56 bits per heavy atom. The van der Waals surface area contributed by atoms with Gasteiger partial charge in [-0.05, 0) is 0 Å². The Bertz CT molecular complexity index is 88.2. The molecule has 0 bridgehead atoms. The summed E-state index contributed by atoms with van der Waals surface area (Å²) < 4.78 is 0. The molecule has 4 heteroatoms. The molecule has 0 heterocycles. The maximum Gasteiger partial charge on any atom is 0.335 e. The van der Waals surface area contributed by atoms with Crippen LogP contribution in [0, 0.1) is 0 Å². The lowest BCUT2D eigenvalue weighted by Crippen LogP contribution is -2.38. The van der Waals surface area contributed by atoms with Gasteiger partial charge in [0.25, 0.3) is 0 Å². The SMILES string of the molecule is C1CC1.NC(N)C(=O)O. The van der Waals surface area contributed by atoms with Crippen LogP contribution in [0.15, 0.2) is 0 Å². The second-order valence-corrected chi connectivity index (χ2v) is 1.92. The average molecular weight is 132 g/mol. The molecule has 9 heavy (non-hydrogen) atoms. The molecule has 0 amide bonds. The molecule has 0 aromatic rings. The van der Waals surface area contributed by atoms with Gasteiger partial charge >= 0.3 is 5.97 Å². The minimum absolute atomic E-state index is 1.19. The molecule has 0 unspecified atom stereocenters. The zero-order valence-electron chi connectivity index (χ0n) is 5.21. The molecule has 54 valence electrons. The summed E-state index contributed by atoms with van der Waals surface area (Å²) in [5.41, 5.74) is 9.23. The summed E-state index contributed by atoms with van der Waals surface area (Å²) in [5.74, 6) is -1.19. The summed E-state index contributed by atoms with van der Waals surface area (Å²) in [7, 11) is 0. The van der Waals surface area contributed by atoms with E-state index in [0.29, 0.717) is 0 Å². The molecule has 0 aromatic carbocycles. The quantitative estimate of drug-likeness (QED) is 0.419. The van der Waals surface area contributed by atoms with Crippen LogP contribution in [0.4, 0.5) is 0 Å². The van der Waals surface area contributed by atoms with E-state index in [-0.39, 0.29) is 0 Å². The molecule has 1 aliphatic carbocycles. The lowest BCUT2D eigenvalue weighted by Gasteiger charge is -1.90. The van der Waals surface area contributed by atoms with Crippen molar-refractivity contribution in [3.8, 4) is 0 Å². The van der Waals surface area contributed by atoms with Crippen LogP contribution < -0.4 is 11.5 Å². The summed E-state index contributed by atoms with van der Waals surface area (Å²) >= 11 is 0. The smallest absolute Gasteiger partial charge is 0.335 e. The Labute approximate surface area is 53.8 Å². The zero-order valence-corrected chi connectivity index (χ0v) is 5.21. The van der Waals surface area contributed by atoms with Crippen molar-refractivity contribution < 1.29 is 9.90 Å². The molecule has 0 spiro atoms. The lowest BCUT2D eigenvalue weighted by molar-refractivity contribution is -0.138.